The predicted octanol–water partition coefficient (Wildman–Crippen LogP) is 4.20. The maximum atomic E-state index is 12.5. The van der Waals surface area contributed by atoms with Crippen molar-refractivity contribution in [2.24, 2.45) is 17.3 Å². The summed E-state index contributed by atoms with van der Waals surface area (Å²) in [5.41, 5.74) is 3.21. The number of aliphatic hydroxyl groups is 1. The van der Waals surface area contributed by atoms with Crippen LogP contribution in [-0.4, -0.2) is 22.1 Å². The summed E-state index contributed by atoms with van der Waals surface area (Å²) in [7, 11) is 0. The van der Waals surface area contributed by atoms with Crippen molar-refractivity contribution >= 4 is 5.78 Å². The fourth-order valence-corrected chi connectivity index (χ4v) is 6.11. The summed E-state index contributed by atoms with van der Waals surface area (Å²) in [6.07, 6.45) is 6.51. The predicted molar refractivity (Wildman–Crippen MR) is 93.4 cm³/mol. The van der Waals surface area contributed by atoms with Crippen molar-refractivity contribution in [1.29, 1.82) is 0 Å². The van der Waals surface area contributed by atoms with Crippen LogP contribution in [0.1, 0.15) is 79.8 Å². The lowest BCUT2D eigenvalue weighted by molar-refractivity contribution is -0.0227. The summed E-state index contributed by atoms with van der Waals surface area (Å²) in [5, 5.41) is 20.5. The largest absolute Gasteiger partial charge is 0.508 e. The second-order valence-corrected chi connectivity index (χ2v) is 8.40. The van der Waals surface area contributed by atoms with E-state index in [1.807, 2.05) is 13.0 Å². The number of rotatable bonds is 2. The average Bonchev–Trinajstić information content (AvgIpc) is 2.88. The van der Waals surface area contributed by atoms with Crippen LogP contribution in [0.3, 0.4) is 0 Å². The Balaban J connectivity index is 1.78. The number of carbonyl (C=O) groups is 1. The second-order valence-electron chi connectivity index (χ2n) is 8.40. The van der Waals surface area contributed by atoms with Gasteiger partial charge in [0.2, 0.25) is 0 Å². The van der Waals surface area contributed by atoms with Crippen LogP contribution < -0.4 is 0 Å². The third-order valence-corrected chi connectivity index (χ3v) is 7.38. The lowest BCUT2D eigenvalue weighted by atomic mass is 9.55. The molecule has 2 N–H and O–H groups in total. The van der Waals surface area contributed by atoms with Gasteiger partial charge in [0.15, 0.2) is 5.78 Å². The van der Waals surface area contributed by atoms with Crippen LogP contribution in [-0.2, 0) is 6.42 Å². The highest BCUT2D eigenvalue weighted by Crippen LogP contribution is 2.61. The molecule has 24 heavy (non-hydrogen) atoms. The normalized spacial score (nSPS) is 37.5. The molecule has 0 spiro atoms. The first-order valence-corrected chi connectivity index (χ1v) is 9.52. The van der Waals surface area contributed by atoms with Crippen LogP contribution in [0.2, 0.25) is 0 Å². The molecule has 0 amide bonds. The number of phenols is 1. The van der Waals surface area contributed by atoms with Gasteiger partial charge < -0.3 is 10.2 Å². The van der Waals surface area contributed by atoms with Crippen molar-refractivity contribution in [3.05, 3.63) is 28.8 Å². The van der Waals surface area contributed by atoms with E-state index in [0.29, 0.717) is 24.2 Å². The van der Waals surface area contributed by atoms with Crippen molar-refractivity contribution in [2.75, 3.05) is 0 Å². The molecular formula is C21H28O3. The van der Waals surface area contributed by atoms with E-state index in [9.17, 15) is 15.0 Å². The molecule has 4 rings (SSSR count). The number of ketones is 1. The smallest absolute Gasteiger partial charge is 0.163 e. The minimum atomic E-state index is -0.165. The quantitative estimate of drug-likeness (QED) is 0.800. The molecule has 2 fully saturated rings. The van der Waals surface area contributed by atoms with Crippen molar-refractivity contribution < 1.29 is 15.0 Å². The highest BCUT2D eigenvalue weighted by atomic mass is 16.3. The van der Waals surface area contributed by atoms with Crippen LogP contribution in [0.5, 0.6) is 5.75 Å². The number of aromatic hydroxyl groups is 1. The number of aliphatic hydroxyl groups excluding tert-OH is 1. The van der Waals surface area contributed by atoms with E-state index in [2.05, 4.69) is 6.92 Å². The van der Waals surface area contributed by atoms with Gasteiger partial charge in [-0.15, -0.1) is 0 Å². The van der Waals surface area contributed by atoms with E-state index in [1.165, 1.54) is 11.1 Å². The zero-order chi connectivity index (χ0) is 17.1. The first-order valence-electron chi connectivity index (χ1n) is 9.52. The SMILES string of the molecule is CCC(=O)c1cc(O)cc2c1[C@H]1CC[C@]3(C)[C@@H](O)CC[C@H]3[C@@H]1CC2. The van der Waals surface area contributed by atoms with Crippen LogP contribution in [0.4, 0.5) is 0 Å². The molecule has 0 unspecified atom stereocenters. The highest BCUT2D eigenvalue weighted by Gasteiger charge is 2.54. The maximum Gasteiger partial charge on any atom is 0.163 e. The van der Waals surface area contributed by atoms with Gasteiger partial charge >= 0.3 is 0 Å². The van der Waals surface area contributed by atoms with Gasteiger partial charge in [-0.3, -0.25) is 4.79 Å². The Kier molecular flexibility index (Phi) is 3.76. The third kappa shape index (κ3) is 2.17. The number of phenolic OH excluding ortho intramolecular Hbond substituents is 1. The summed E-state index contributed by atoms with van der Waals surface area (Å²) in [6, 6.07) is 3.56. The zero-order valence-corrected chi connectivity index (χ0v) is 14.7. The standard InChI is InChI=1S/C21H28O3/c1-3-18(23)16-11-13(22)10-12-4-5-14-15(20(12)16)8-9-21(2)17(14)6-7-19(21)24/h10-11,14-15,17,19,22,24H,3-9H2,1-2H3/t14-,15+,17+,19+,21+/m1/s1. The number of hydrogen-bond acceptors (Lipinski definition) is 3. The van der Waals surface area contributed by atoms with E-state index >= 15 is 0 Å². The monoisotopic (exact) mass is 328 g/mol. The average molecular weight is 328 g/mol. The van der Waals surface area contributed by atoms with E-state index in [0.717, 1.165) is 44.1 Å². The van der Waals surface area contributed by atoms with Gasteiger partial charge in [0, 0.05) is 12.0 Å². The molecule has 1 aromatic rings. The molecule has 0 radical (unpaired) electrons. The first kappa shape index (κ1) is 16.1. The molecule has 130 valence electrons. The Morgan fingerprint density at radius 3 is 2.79 bits per heavy atom. The Bertz CT molecular complexity index is 680. The molecule has 0 aliphatic heterocycles. The van der Waals surface area contributed by atoms with Gasteiger partial charge in [0.25, 0.3) is 0 Å². The lowest BCUT2D eigenvalue weighted by Crippen LogP contribution is -2.44. The van der Waals surface area contributed by atoms with Crippen LogP contribution >= 0.6 is 0 Å². The third-order valence-electron chi connectivity index (χ3n) is 7.38. The lowest BCUT2D eigenvalue weighted by Gasteiger charge is -2.50. The Morgan fingerprint density at radius 2 is 2.04 bits per heavy atom. The van der Waals surface area contributed by atoms with Crippen molar-refractivity contribution in [3.63, 3.8) is 0 Å². The van der Waals surface area contributed by atoms with Crippen molar-refractivity contribution in [3.8, 4) is 5.75 Å². The van der Waals surface area contributed by atoms with Crippen LogP contribution in [0.25, 0.3) is 0 Å². The second kappa shape index (κ2) is 5.59. The summed E-state index contributed by atoms with van der Waals surface area (Å²) >= 11 is 0. The molecule has 0 saturated heterocycles. The molecule has 0 bridgehead atoms. The van der Waals surface area contributed by atoms with Gasteiger partial charge in [-0.1, -0.05) is 13.8 Å². The molecule has 2 saturated carbocycles. The van der Waals surface area contributed by atoms with E-state index in [-0.39, 0.29) is 23.1 Å². The van der Waals surface area contributed by atoms with Gasteiger partial charge in [0.1, 0.15) is 5.75 Å². The van der Waals surface area contributed by atoms with E-state index in [1.54, 1.807) is 6.07 Å². The zero-order valence-electron chi connectivity index (χ0n) is 14.7. The summed E-state index contributed by atoms with van der Waals surface area (Å²) in [4.78, 5) is 12.5. The fourth-order valence-electron chi connectivity index (χ4n) is 6.11. The van der Waals surface area contributed by atoms with Crippen molar-refractivity contribution in [1.82, 2.24) is 0 Å². The minimum absolute atomic E-state index is 0.0600. The van der Waals surface area contributed by atoms with Crippen LogP contribution in [0.15, 0.2) is 12.1 Å². The molecule has 3 nitrogen and oxygen atoms in total. The highest BCUT2D eigenvalue weighted by molar-refractivity contribution is 5.98. The molecule has 1 aromatic carbocycles. The number of hydrogen-bond donors (Lipinski definition) is 2. The Hall–Kier alpha value is -1.35. The molecular weight excluding hydrogens is 300 g/mol. The number of aryl methyl sites for hydroxylation is 1. The molecule has 3 aliphatic carbocycles. The van der Waals surface area contributed by atoms with Crippen LogP contribution in [0, 0.1) is 17.3 Å². The molecule has 5 atom stereocenters. The fraction of sp³-hybridized carbons (Fsp3) is 0.667. The molecule has 0 heterocycles. The van der Waals surface area contributed by atoms with E-state index < -0.39 is 0 Å². The van der Waals surface area contributed by atoms with Crippen molar-refractivity contribution in [2.45, 2.75) is 70.8 Å². The van der Waals surface area contributed by atoms with Gasteiger partial charge in [-0.2, -0.15) is 0 Å². The minimum Gasteiger partial charge on any atom is -0.508 e. The van der Waals surface area contributed by atoms with E-state index in [4.69, 9.17) is 0 Å². The molecule has 3 heteroatoms. The summed E-state index contributed by atoms with van der Waals surface area (Å²) in [6.45, 7) is 4.17. The van der Waals surface area contributed by atoms with Gasteiger partial charge in [-0.25, -0.2) is 0 Å². The molecule has 0 aromatic heterocycles. The number of benzene rings is 1. The Labute approximate surface area is 144 Å². The maximum absolute atomic E-state index is 12.5. The molecule has 3 aliphatic rings. The van der Waals surface area contributed by atoms with Gasteiger partial charge in [-0.05, 0) is 85.0 Å². The first-order chi connectivity index (χ1) is 11.5. The number of carbonyl (C=O) groups excluding carboxylic acids is 1. The number of fused-ring (bicyclic) bond motifs is 5. The van der Waals surface area contributed by atoms with Gasteiger partial charge in [0.05, 0.1) is 6.10 Å². The topological polar surface area (TPSA) is 57.5 Å². The Morgan fingerprint density at radius 1 is 1.25 bits per heavy atom. The summed E-state index contributed by atoms with van der Waals surface area (Å²) < 4.78 is 0. The summed E-state index contributed by atoms with van der Waals surface area (Å²) in [5.74, 6) is 1.92. The number of Topliss-reactive ketones (excluding diaryl/α,β-unsaturated/α-hetero) is 1.